The van der Waals surface area contributed by atoms with Gasteiger partial charge in [0.25, 0.3) is 5.91 Å². The molecule has 31 heavy (non-hydrogen) atoms. The van der Waals surface area contributed by atoms with Crippen LogP contribution in [0.5, 0.6) is 0 Å². The largest absolute Gasteiger partial charge is 0.345 e. The van der Waals surface area contributed by atoms with E-state index in [0.29, 0.717) is 12.5 Å². The molecule has 0 spiro atoms. The third kappa shape index (κ3) is 4.72. The van der Waals surface area contributed by atoms with Crippen molar-refractivity contribution >= 4 is 16.7 Å². The Morgan fingerprint density at radius 1 is 0.839 bits per heavy atom. The van der Waals surface area contributed by atoms with Gasteiger partial charge < -0.3 is 9.47 Å². The molecule has 0 aliphatic heterocycles. The SMILES string of the molecule is CC(C)C(C)N(Cc1cccn1Cc1ccccc1)C(=O)c1ccc2ccccc2c1. The second-order valence-electron chi connectivity index (χ2n) is 8.59. The summed E-state index contributed by atoms with van der Waals surface area (Å²) in [6.45, 7) is 7.89. The first-order chi connectivity index (χ1) is 15.0. The average molecular weight is 411 g/mol. The van der Waals surface area contributed by atoms with Crippen LogP contribution in [0.15, 0.2) is 91.1 Å². The van der Waals surface area contributed by atoms with Crippen LogP contribution in [0.4, 0.5) is 0 Å². The van der Waals surface area contributed by atoms with Gasteiger partial charge in [0.15, 0.2) is 0 Å². The average Bonchev–Trinajstić information content (AvgIpc) is 3.23. The summed E-state index contributed by atoms with van der Waals surface area (Å²) in [7, 11) is 0. The number of hydrogen-bond acceptors (Lipinski definition) is 1. The van der Waals surface area contributed by atoms with Crippen LogP contribution in [0.25, 0.3) is 10.8 Å². The Kier molecular flexibility index (Phi) is 6.22. The van der Waals surface area contributed by atoms with E-state index in [1.54, 1.807) is 0 Å². The predicted molar refractivity (Wildman–Crippen MR) is 128 cm³/mol. The van der Waals surface area contributed by atoms with Crippen molar-refractivity contribution in [2.45, 2.75) is 39.9 Å². The van der Waals surface area contributed by atoms with Gasteiger partial charge in [0, 0.05) is 30.0 Å². The smallest absolute Gasteiger partial charge is 0.254 e. The van der Waals surface area contributed by atoms with Gasteiger partial charge in [0.05, 0.1) is 6.54 Å². The maximum absolute atomic E-state index is 13.6. The first-order valence-corrected chi connectivity index (χ1v) is 11.0. The zero-order chi connectivity index (χ0) is 21.8. The third-order valence-corrected chi connectivity index (χ3v) is 6.17. The molecule has 0 fully saturated rings. The van der Waals surface area contributed by atoms with Gasteiger partial charge in [-0.25, -0.2) is 0 Å². The van der Waals surface area contributed by atoms with Crippen LogP contribution in [0, 0.1) is 5.92 Å². The van der Waals surface area contributed by atoms with E-state index in [-0.39, 0.29) is 11.9 Å². The van der Waals surface area contributed by atoms with Crippen molar-refractivity contribution in [3.05, 3.63) is 108 Å². The van der Waals surface area contributed by atoms with E-state index in [9.17, 15) is 4.79 Å². The highest BCUT2D eigenvalue weighted by Gasteiger charge is 2.25. The lowest BCUT2D eigenvalue weighted by Crippen LogP contribution is -2.41. The summed E-state index contributed by atoms with van der Waals surface area (Å²) in [4.78, 5) is 15.7. The maximum atomic E-state index is 13.6. The van der Waals surface area contributed by atoms with Crippen molar-refractivity contribution in [2.24, 2.45) is 5.92 Å². The number of rotatable bonds is 7. The molecule has 0 N–H and O–H groups in total. The summed E-state index contributed by atoms with van der Waals surface area (Å²) in [5, 5.41) is 2.25. The van der Waals surface area contributed by atoms with E-state index in [1.165, 1.54) is 5.56 Å². The van der Waals surface area contributed by atoms with Gasteiger partial charge in [-0.3, -0.25) is 4.79 Å². The minimum absolute atomic E-state index is 0.0828. The molecular weight excluding hydrogens is 380 g/mol. The number of benzene rings is 3. The summed E-state index contributed by atoms with van der Waals surface area (Å²) in [5.41, 5.74) is 3.14. The maximum Gasteiger partial charge on any atom is 0.254 e. The van der Waals surface area contributed by atoms with Crippen LogP contribution in [0.3, 0.4) is 0 Å². The molecule has 0 aliphatic rings. The Labute approximate surface area is 184 Å². The van der Waals surface area contributed by atoms with Crippen molar-refractivity contribution in [2.75, 3.05) is 0 Å². The third-order valence-electron chi connectivity index (χ3n) is 6.17. The monoisotopic (exact) mass is 410 g/mol. The van der Waals surface area contributed by atoms with E-state index in [1.807, 2.05) is 41.3 Å². The fraction of sp³-hybridized carbons (Fsp3) is 0.250. The first kappa shape index (κ1) is 20.9. The van der Waals surface area contributed by atoms with E-state index in [0.717, 1.165) is 28.6 Å². The predicted octanol–water partition coefficient (Wildman–Crippen LogP) is 6.38. The highest BCUT2D eigenvalue weighted by atomic mass is 16.2. The van der Waals surface area contributed by atoms with Gasteiger partial charge in [0.1, 0.15) is 0 Å². The second kappa shape index (κ2) is 9.22. The Bertz CT molecular complexity index is 1160. The van der Waals surface area contributed by atoms with Gasteiger partial charge in [-0.15, -0.1) is 0 Å². The van der Waals surface area contributed by atoms with Crippen molar-refractivity contribution in [1.29, 1.82) is 0 Å². The molecule has 0 aliphatic carbocycles. The molecule has 3 nitrogen and oxygen atoms in total. The Balaban J connectivity index is 1.63. The standard InChI is InChI=1S/C28H30N2O/c1-21(2)22(3)30(28(31)26-16-15-24-12-7-8-13-25(24)18-26)20-27-14-9-17-29(27)19-23-10-5-4-6-11-23/h4-18,21-22H,19-20H2,1-3H3. The lowest BCUT2D eigenvalue weighted by Gasteiger charge is -2.32. The molecule has 0 saturated heterocycles. The molecule has 3 heteroatoms. The Morgan fingerprint density at radius 3 is 2.29 bits per heavy atom. The molecule has 0 radical (unpaired) electrons. The summed E-state index contributed by atoms with van der Waals surface area (Å²) in [6.07, 6.45) is 2.10. The molecule has 3 aromatic carbocycles. The van der Waals surface area contributed by atoms with Gasteiger partial charge in [-0.2, -0.15) is 0 Å². The molecule has 1 amide bonds. The van der Waals surface area contributed by atoms with Crippen LogP contribution >= 0.6 is 0 Å². The zero-order valence-electron chi connectivity index (χ0n) is 18.5. The van der Waals surface area contributed by atoms with Crippen molar-refractivity contribution < 1.29 is 4.79 Å². The molecule has 158 valence electrons. The summed E-state index contributed by atoms with van der Waals surface area (Å²) >= 11 is 0. The quantitative estimate of drug-likeness (QED) is 0.347. The number of carbonyl (C=O) groups excluding carboxylic acids is 1. The van der Waals surface area contributed by atoms with Crippen molar-refractivity contribution in [3.63, 3.8) is 0 Å². The highest BCUT2D eigenvalue weighted by Crippen LogP contribution is 2.22. The zero-order valence-corrected chi connectivity index (χ0v) is 18.5. The first-order valence-electron chi connectivity index (χ1n) is 11.0. The van der Waals surface area contributed by atoms with Crippen LogP contribution < -0.4 is 0 Å². The molecule has 0 bridgehead atoms. The van der Waals surface area contributed by atoms with Crippen LogP contribution in [0.2, 0.25) is 0 Å². The summed E-state index contributed by atoms with van der Waals surface area (Å²) < 4.78 is 2.24. The number of amides is 1. The number of fused-ring (bicyclic) bond motifs is 1. The number of aromatic nitrogens is 1. The van der Waals surface area contributed by atoms with Gasteiger partial charge in [-0.1, -0.05) is 74.5 Å². The number of hydrogen-bond donors (Lipinski definition) is 0. The van der Waals surface area contributed by atoms with Gasteiger partial charge >= 0.3 is 0 Å². The molecule has 4 rings (SSSR count). The second-order valence-corrected chi connectivity index (χ2v) is 8.59. The fourth-order valence-electron chi connectivity index (χ4n) is 3.95. The lowest BCUT2D eigenvalue weighted by atomic mass is 10.0. The van der Waals surface area contributed by atoms with E-state index < -0.39 is 0 Å². The molecule has 1 unspecified atom stereocenters. The van der Waals surface area contributed by atoms with E-state index in [2.05, 4.69) is 80.1 Å². The number of nitrogens with zero attached hydrogens (tertiary/aromatic N) is 2. The topological polar surface area (TPSA) is 25.2 Å². The molecule has 1 aromatic heterocycles. The van der Waals surface area contributed by atoms with E-state index >= 15 is 0 Å². The van der Waals surface area contributed by atoms with Crippen molar-refractivity contribution in [3.8, 4) is 0 Å². The Morgan fingerprint density at radius 2 is 1.55 bits per heavy atom. The summed E-state index contributed by atoms with van der Waals surface area (Å²) in [5.74, 6) is 0.446. The molecule has 1 atom stereocenters. The minimum Gasteiger partial charge on any atom is -0.345 e. The van der Waals surface area contributed by atoms with Crippen molar-refractivity contribution in [1.82, 2.24) is 9.47 Å². The van der Waals surface area contributed by atoms with Crippen LogP contribution in [-0.2, 0) is 13.1 Å². The van der Waals surface area contributed by atoms with E-state index in [4.69, 9.17) is 0 Å². The summed E-state index contributed by atoms with van der Waals surface area (Å²) in [6, 6.07) is 28.9. The molecule has 4 aromatic rings. The molecular formula is C28H30N2O. The molecule has 1 heterocycles. The molecule has 0 saturated carbocycles. The minimum atomic E-state index is 0.0828. The lowest BCUT2D eigenvalue weighted by molar-refractivity contribution is 0.0623. The van der Waals surface area contributed by atoms with Gasteiger partial charge in [-0.05, 0) is 53.4 Å². The van der Waals surface area contributed by atoms with Crippen LogP contribution in [0.1, 0.15) is 42.4 Å². The van der Waals surface area contributed by atoms with Gasteiger partial charge in [0.2, 0.25) is 0 Å². The number of carbonyl (C=O) groups is 1. The fourth-order valence-corrected chi connectivity index (χ4v) is 3.95. The van der Waals surface area contributed by atoms with Crippen LogP contribution in [-0.4, -0.2) is 21.4 Å². The highest BCUT2D eigenvalue weighted by molar-refractivity contribution is 5.98. The normalized spacial score (nSPS) is 12.3. The Hall–Kier alpha value is -3.33.